The molecule has 0 aliphatic heterocycles. The summed E-state index contributed by atoms with van der Waals surface area (Å²) in [6.45, 7) is 1.63. The minimum absolute atomic E-state index is 0.698. The van der Waals surface area contributed by atoms with E-state index in [-0.39, 0.29) is 0 Å². The number of hydrogen-bond acceptors (Lipinski definition) is 3. The van der Waals surface area contributed by atoms with Gasteiger partial charge in [0.2, 0.25) is 0 Å². The molecule has 0 unspecified atom stereocenters. The molecule has 1 aliphatic rings. The molecule has 1 N–H and O–H groups in total. The number of nitrogens with zero attached hydrogens (tertiary/aromatic N) is 1. The van der Waals surface area contributed by atoms with Crippen molar-refractivity contribution in [2.45, 2.75) is 31.8 Å². The Morgan fingerprint density at radius 3 is 2.75 bits per heavy atom. The van der Waals surface area contributed by atoms with Crippen molar-refractivity contribution in [3.8, 4) is 5.75 Å². The zero-order chi connectivity index (χ0) is 13.6. The minimum Gasteiger partial charge on any atom is -0.493 e. The lowest BCUT2D eigenvalue weighted by molar-refractivity contribution is 0.321. The van der Waals surface area contributed by atoms with Crippen LogP contribution < -0.4 is 10.1 Å². The van der Waals surface area contributed by atoms with Crippen molar-refractivity contribution in [2.24, 2.45) is 0 Å². The van der Waals surface area contributed by atoms with Crippen LogP contribution in [0.5, 0.6) is 5.75 Å². The molecule has 2 aromatic rings. The molecule has 0 saturated heterocycles. The highest BCUT2D eigenvalue weighted by molar-refractivity contribution is 5.28. The van der Waals surface area contributed by atoms with Crippen LogP contribution in [-0.4, -0.2) is 17.6 Å². The summed E-state index contributed by atoms with van der Waals surface area (Å²) in [6, 6.07) is 13.1. The molecule has 1 aromatic carbocycles. The Bertz CT molecular complexity index is 538. The van der Waals surface area contributed by atoms with Crippen LogP contribution in [0.25, 0.3) is 0 Å². The van der Waals surface area contributed by atoms with Crippen LogP contribution in [0.4, 0.5) is 0 Å². The fraction of sp³-hybridized carbons (Fsp3) is 0.353. The van der Waals surface area contributed by atoms with Gasteiger partial charge in [-0.05, 0) is 48.2 Å². The van der Waals surface area contributed by atoms with Gasteiger partial charge in [-0.1, -0.05) is 12.1 Å². The van der Waals surface area contributed by atoms with E-state index in [0.717, 1.165) is 24.8 Å². The van der Waals surface area contributed by atoms with Crippen molar-refractivity contribution in [2.75, 3.05) is 6.61 Å². The predicted octanol–water partition coefficient (Wildman–Crippen LogP) is 2.96. The highest BCUT2D eigenvalue weighted by atomic mass is 16.5. The molecule has 3 rings (SSSR count). The fourth-order valence-electron chi connectivity index (χ4n) is 2.13. The first kappa shape index (κ1) is 13.1. The number of rotatable bonds is 7. The molecule has 1 aliphatic carbocycles. The lowest BCUT2D eigenvalue weighted by Crippen LogP contribution is -2.15. The van der Waals surface area contributed by atoms with E-state index in [2.05, 4.69) is 28.5 Å². The van der Waals surface area contributed by atoms with Gasteiger partial charge in [-0.3, -0.25) is 4.98 Å². The van der Waals surface area contributed by atoms with E-state index < -0.39 is 0 Å². The topological polar surface area (TPSA) is 34.1 Å². The van der Waals surface area contributed by atoms with Crippen LogP contribution in [-0.2, 0) is 13.0 Å². The van der Waals surface area contributed by atoms with Gasteiger partial charge in [-0.25, -0.2) is 0 Å². The van der Waals surface area contributed by atoms with Gasteiger partial charge in [0.15, 0.2) is 0 Å². The number of nitrogens with one attached hydrogen (secondary N) is 1. The standard InChI is InChI=1S/C17H20N2O/c1-2-15(13-19-16-4-5-16)12-17(3-1)20-11-8-14-6-9-18-10-7-14/h1-3,6-7,9-10,12,16,19H,4-5,8,11,13H2. The third-order valence-corrected chi connectivity index (χ3v) is 3.48. The second-order valence-electron chi connectivity index (χ2n) is 5.26. The molecule has 104 valence electrons. The molecule has 0 bridgehead atoms. The van der Waals surface area contributed by atoms with Crippen molar-refractivity contribution >= 4 is 0 Å². The van der Waals surface area contributed by atoms with Crippen molar-refractivity contribution < 1.29 is 4.74 Å². The Kier molecular flexibility index (Phi) is 4.28. The molecule has 1 aromatic heterocycles. The second-order valence-corrected chi connectivity index (χ2v) is 5.26. The summed E-state index contributed by atoms with van der Waals surface area (Å²) in [5.74, 6) is 0.953. The second kappa shape index (κ2) is 6.53. The number of aromatic nitrogens is 1. The Morgan fingerprint density at radius 2 is 1.95 bits per heavy atom. The van der Waals surface area contributed by atoms with Gasteiger partial charge in [0.1, 0.15) is 5.75 Å². The van der Waals surface area contributed by atoms with Crippen molar-refractivity contribution in [1.82, 2.24) is 10.3 Å². The van der Waals surface area contributed by atoms with Crippen LogP contribution in [0.3, 0.4) is 0 Å². The first-order valence-corrected chi connectivity index (χ1v) is 7.24. The Balaban J connectivity index is 1.47. The van der Waals surface area contributed by atoms with Crippen LogP contribution in [0, 0.1) is 0 Å². The molecule has 0 amide bonds. The minimum atomic E-state index is 0.698. The quantitative estimate of drug-likeness (QED) is 0.838. The lowest BCUT2D eigenvalue weighted by atomic mass is 10.2. The summed E-state index contributed by atoms with van der Waals surface area (Å²) in [5.41, 5.74) is 2.55. The highest BCUT2D eigenvalue weighted by Gasteiger charge is 2.19. The normalized spacial score (nSPS) is 14.2. The van der Waals surface area contributed by atoms with Crippen LogP contribution in [0.15, 0.2) is 48.8 Å². The zero-order valence-corrected chi connectivity index (χ0v) is 11.6. The summed E-state index contributed by atoms with van der Waals surface area (Å²) in [7, 11) is 0. The Hall–Kier alpha value is -1.87. The third kappa shape index (κ3) is 4.07. The summed E-state index contributed by atoms with van der Waals surface area (Å²) in [6.07, 6.45) is 7.19. The van der Waals surface area contributed by atoms with E-state index in [1.807, 2.05) is 30.6 Å². The lowest BCUT2D eigenvalue weighted by Gasteiger charge is -2.08. The van der Waals surface area contributed by atoms with E-state index in [4.69, 9.17) is 4.74 Å². The average Bonchev–Trinajstić information content (AvgIpc) is 3.31. The largest absolute Gasteiger partial charge is 0.493 e. The number of hydrogen-bond donors (Lipinski definition) is 1. The van der Waals surface area contributed by atoms with E-state index in [1.54, 1.807) is 0 Å². The first-order chi connectivity index (χ1) is 9.90. The SMILES string of the molecule is c1cc(CNC2CC2)cc(OCCc2ccncc2)c1. The third-order valence-electron chi connectivity index (χ3n) is 3.48. The van der Waals surface area contributed by atoms with E-state index in [9.17, 15) is 0 Å². The summed E-state index contributed by atoms with van der Waals surface area (Å²) in [4.78, 5) is 4.02. The first-order valence-electron chi connectivity index (χ1n) is 7.24. The summed E-state index contributed by atoms with van der Waals surface area (Å²) in [5, 5.41) is 3.52. The fourth-order valence-corrected chi connectivity index (χ4v) is 2.13. The molecule has 1 heterocycles. The highest BCUT2D eigenvalue weighted by Crippen LogP contribution is 2.20. The molecule has 0 spiro atoms. The predicted molar refractivity (Wildman–Crippen MR) is 79.7 cm³/mol. The molecule has 3 nitrogen and oxygen atoms in total. The van der Waals surface area contributed by atoms with E-state index >= 15 is 0 Å². The van der Waals surface area contributed by atoms with Crippen LogP contribution in [0.2, 0.25) is 0 Å². The molecular formula is C17H20N2O. The van der Waals surface area contributed by atoms with Crippen LogP contribution in [0.1, 0.15) is 24.0 Å². The van der Waals surface area contributed by atoms with Gasteiger partial charge < -0.3 is 10.1 Å². The van der Waals surface area contributed by atoms with Crippen LogP contribution >= 0.6 is 0 Å². The monoisotopic (exact) mass is 268 g/mol. The van der Waals surface area contributed by atoms with E-state index in [1.165, 1.54) is 24.0 Å². The number of ether oxygens (including phenoxy) is 1. The number of benzene rings is 1. The van der Waals surface area contributed by atoms with Crippen molar-refractivity contribution in [3.63, 3.8) is 0 Å². The average molecular weight is 268 g/mol. The molecular weight excluding hydrogens is 248 g/mol. The Morgan fingerprint density at radius 1 is 1.10 bits per heavy atom. The molecule has 0 radical (unpaired) electrons. The van der Waals surface area contributed by atoms with Gasteiger partial charge in [0.05, 0.1) is 6.61 Å². The maximum Gasteiger partial charge on any atom is 0.119 e. The summed E-state index contributed by atoms with van der Waals surface area (Å²) < 4.78 is 5.82. The molecule has 3 heteroatoms. The maximum atomic E-state index is 5.82. The molecule has 1 fully saturated rings. The van der Waals surface area contributed by atoms with Gasteiger partial charge >= 0.3 is 0 Å². The van der Waals surface area contributed by atoms with E-state index in [0.29, 0.717) is 6.61 Å². The smallest absolute Gasteiger partial charge is 0.119 e. The van der Waals surface area contributed by atoms with Crippen molar-refractivity contribution in [1.29, 1.82) is 0 Å². The maximum absolute atomic E-state index is 5.82. The van der Waals surface area contributed by atoms with Gasteiger partial charge in [-0.2, -0.15) is 0 Å². The molecule has 1 saturated carbocycles. The molecule has 20 heavy (non-hydrogen) atoms. The van der Waals surface area contributed by atoms with Gasteiger partial charge in [0.25, 0.3) is 0 Å². The Labute approximate surface area is 120 Å². The van der Waals surface area contributed by atoms with Crippen molar-refractivity contribution in [3.05, 3.63) is 59.9 Å². The van der Waals surface area contributed by atoms with Gasteiger partial charge in [-0.15, -0.1) is 0 Å². The van der Waals surface area contributed by atoms with Gasteiger partial charge in [0, 0.05) is 31.4 Å². The molecule has 0 atom stereocenters. The summed E-state index contributed by atoms with van der Waals surface area (Å²) >= 11 is 0. The zero-order valence-electron chi connectivity index (χ0n) is 11.6. The number of pyridine rings is 1.